The van der Waals surface area contributed by atoms with Crippen LogP contribution in [0.3, 0.4) is 0 Å². The number of nitrogens with one attached hydrogen (secondary N) is 1. The van der Waals surface area contributed by atoms with Crippen LogP contribution in [-0.4, -0.2) is 15.4 Å². The first kappa shape index (κ1) is 4.83. The first-order valence-corrected chi connectivity index (χ1v) is 2.07. The lowest BCUT2D eigenvalue weighted by molar-refractivity contribution is 0.462. The van der Waals surface area contributed by atoms with E-state index in [0.717, 1.165) is 0 Å². The molecule has 42 valence electrons. The summed E-state index contributed by atoms with van der Waals surface area (Å²) < 4.78 is 4.70. The first-order valence-electron chi connectivity index (χ1n) is 2.07. The minimum absolute atomic E-state index is 0.431. The summed E-state index contributed by atoms with van der Waals surface area (Å²) in [5.74, 6) is 0.431. The number of hydrogen-bond donors (Lipinski definition) is 1. The Labute approximate surface area is 46.2 Å². The molecule has 1 heterocycles. The van der Waals surface area contributed by atoms with Crippen molar-refractivity contribution in [2.24, 2.45) is 0 Å². The Morgan fingerprint density at radius 2 is 2.75 bits per heavy atom. The number of aromatic amines is 1. The summed E-state index contributed by atoms with van der Waals surface area (Å²) in [6, 6.07) is 0. The molecular weight excluding hydrogens is 106 g/mol. The van der Waals surface area contributed by atoms with Gasteiger partial charge in [-0.3, -0.25) is 5.10 Å². The largest absolute Gasteiger partial charge is 0.445 e. The van der Waals surface area contributed by atoms with Crippen LogP contribution in [0.25, 0.3) is 0 Å². The summed E-state index contributed by atoms with van der Waals surface area (Å²) in [6.07, 6.45) is 2.82. The van der Waals surface area contributed by atoms with Gasteiger partial charge in [0.15, 0.2) is 0 Å². The highest BCUT2D eigenvalue weighted by Crippen LogP contribution is 1.97. The Kier molecular flexibility index (Phi) is 1.27. The number of H-pyrrole nitrogens is 1. The van der Waals surface area contributed by atoms with E-state index in [0.29, 0.717) is 5.88 Å². The first-order chi connectivity index (χ1) is 3.93. The summed E-state index contributed by atoms with van der Waals surface area (Å²) in [5.41, 5.74) is 0. The van der Waals surface area contributed by atoms with E-state index in [1.54, 1.807) is 0 Å². The zero-order chi connectivity index (χ0) is 5.82. The van der Waals surface area contributed by atoms with Crippen LogP contribution in [0.5, 0.6) is 5.88 Å². The van der Waals surface area contributed by atoms with Gasteiger partial charge >= 0.3 is 0 Å². The van der Waals surface area contributed by atoms with Crippen LogP contribution < -0.4 is 4.74 Å². The molecule has 0 bridgehead atoms. The van der Waals surface area contributed by atoms with Crippen LogP contribution >= 0.6 is 0 Å². The van der Waals surface area contributed by atoms with Crippen LogP contribution in [0.1, 0.15) is 0 Å². The lowest BCUT2D eigenvalue weighted by Crippen LogP contribution is -1.78. The highest BCUT2D eigenvalue weighted by Gasteiger charge is 1.87. The third-order valence-corrected chi connectivity index (χ3v) is 0.598. The minimum atomic E-state index is 0.431. The summed E-state index contributed by atoms with van der Waals surface area (Å²) >= 11 is 0. The second kappa shape index (κ2) is 2.11. The lowest BCUT2D eigenvalue weighted by atomic mass is 10.8. The quantitative estimate of drug-likeness (QED) is 0.559. The topological polar surface area (TPSA) is 50.8 Å². The highest BCUT2D eigenvalue weighted by molar-refractivity contribution is 4.98. The summed E-state index contributed by atoms with van der Waals surface area (Å²) in [7, 11) is 0. The zero-order valence-electron chi connectivity index (χ0n) is 4.16. The molecule has 1 rings (SSSR count). The van der Waals surface area contributed by atoms with Crippen molar-refractivity contribution in [2.45, 2.75) is 0 Å². The summed E-state index contributed by atoms with van der Waals surface area (Å²) in [5, 5.41) is 9.38. The molecule has 0 aromatic carbocycles. The van der Waals surface area contributed by atoms with Crippen molar-refractivity contribution >= 4 is 0 Å². The van der Waals surface area contributed by atoms with Gasteiger partial charge in [0.1, 0.15) is 0 Å². The van der Waals surface area contributed by atoms with Gasteiger partial charge in [0, 0.05) is 0 Å². The van der Waals surface area contributed by atoms with Crippen molar-refractivity contribution < 1.29 is 4.74 Å². The molecule has 1 aromatic heterocycles. The van der Waals surface area contributed by atoms with E-state index in [-0.39, 0.29) is 0 Å². The number of aromatic nitrogens is 3. The summed E-state index contributed by atoms with van der Waals surface area (Å²) in [6.45, 7) is 3.33. The molecule has 4 heteroatoms. The van der Waals surface area contributed by atoms with Gasteiger partial charge < -0.3 is 4.74 Å². The molecule has 0 aliphatic carbocycles. The van der Waals surface area contributed by atoms with Crippen molar-refractivity contribution in [3.8, 4) is 5.88 Å². The van der Waals surface area contributed by atoms with Crippen LogP contribution in [0, 0.1) is 0 Å². The number of rotatable bonds is 2. The normalized spacial score (nSPS) is 8.50. The molecule has 0 aliphatic rings. The van der Waals surface area contributed by atoms with E-state index in [4.69, 9.17) is 4.74 Å². The molecule has 0 amide bonds. The molecule has 0 unspecified atom stereocenters. The number of nitrogens with zero attached hydrogens (tertiary/aromatic N) is 2. The van der Waals surface area contributed by atoms with Crippen LogP contribution in [0.15, 0.2) is 19.0 Å². The van der Waals surface area contributed by atoms with E-state index in [9.17, 15) is 0 Å². The minimum Gasteiger partial charge on any atom is -0.445 e. The Morgan fingerprint density at radius 3 is 3.25 bits per heavy atom. The maximum atomic E-state index is 4.70. The van der Waals surface area contributed by atoms with Gasteiger partial charge in [-0.1, -0.05) is 16.9 Å². The van der Waals surface area contributed by atoms with Crippen molar-refractivity contribution in [1.29, 1.82) is 0 Å². The van der Waals surface area contributed by atoms with E-state index < -0.39 is 0 Å². The fourth-order valence-corrected chi connectivity index (χ4v) is 0.334. The average Bonchev–Trinajstić information content (AvgIpc) is 2.19. The predicted octanol–water partition coefficient (Wildman–Crippen LogP) is 0.327. The molecule has 1 N–H and O–H groups in total. The fraction of sp³-hybridized carbons (Fsp3) is 0. The van der Waals surface area contributed by atoms with Crippen molar-refractivity contribution in [2.75, 3.05) is 0 Å². The van der Waals surface area contributed by atoms with Gasteiger partial charge in [-0.25, -0.2) is 0 Å². The lowest BCUT2D eigenvalue weighted by Gasteiger charge is -1.85. The maximum absolute atomic E-state index is 4.70. The Balaban J connectivity index is 2.62. The van der Waals surface area contributed by atoms with Gasteiger partial charge in [0.05, 0.1) is 12.5 Å². The van der Waals surface area contributed by atoms with E-state index in [2.05, 4.69) is 22.0 Å². The third-order valence-electron chi connectivity index (χ3n) is 0.598. The zero-order valence-corrected chi connectivity index (χ0v) is 4.16. The van der Waals surface area contributed by atoms with Gasteiger partial charge in [0.25, 0.3) is 5.88 Å². The van der Waals surface area contributed by atoms with Crippen LogP contribution in [0.2, 0.25) is 0 Å². The molecule has 8 heavy (non-hydrogen) atoms. The molecular formula is C4H5N3O. The summed E-state index contributed by atoms with van der Waals surface area (Å²) in [4.78, 5) is 0. The molecule has 0 saturated heterocycles. The van der Waals surface area contributed by atoms with E-state index >= 15 is 0 Å². The molecule has 0 saturated carbocycles. The molecule has 0 atom stereocenters. The van der Waals surface area contributed by atoms with Crippen molar-refractivity contribution in [3.63, 3.8) is 0 Å². The Bertz CT molecular complexity index is 158. The highest BCUT2D eigenvalue weighted by atomic mass is 16.5. The second-order valence-corrected chi connectivity index (χ2v) is 1.10. The van der Waals surface area contributed by atoms with E-state index in [1.165, 1.54) is 12.5 Å². The maximum Gasteiger partial charge on any atom is 0.257 e. The fourth-order valence-electron chi connectivity index (χ4n) is 0.334. The Morgan fingerprint density at radius 1 is 1.88 bits per heavy atom. The number of hydrogen-bond acceptors (Lipinski definition) is 3. The van der Waals surface area contributed by atoms with E-state index in [1.807, 2.05) is 0 Å². The van der Waals surface area contributed by atoms with Gasteiger partial charge in [-0.05, 0) is 0 Å². The van der Waals surface area contributed by atoms with Crippen molar-refractivity contribution in [3.05, 3.63) is 19.0 Å². The predicted molar refractivity (Wildman–Crippen MR) is 27.2 cm³/mol. The third kappa shape index (κ3) is 0.841. The standard InChI is InChI=1S/C4H5N3O/c1-2-8-4-3-5-7-6-4/h2-3H,1H2,(H,5,6,7). The monoisotopic (exact) mass is 111 g/mol. The molecule has 0 spiro atoms. The molecule has 1 aromatic rings. The molecule has 4 nitrogen and oxygen atoms in total. The van der Waals surface area contributed by atoms with Crippen LogP contribution in [0.4, 0.5) is 0 Å². The Hall–Kier alpha value is -1.32. The van der Waals surface area contributed by atoms with Gasteiger partial charge in [0.2, 0.25) is 0 Å². The van der Waals surface area contributed by atoms with Crippen molar-refractivity contribution in [1.82, 2.24) is 15.4 Å². The molecule has 0 fully saturated rings. The molecule has 0 radical (unpaired) electrons. The van der Waals surface area contributed by atoms with Gasteiger partial charge in [-0.15, -0.1) is 0 Å². The number of ether oxygens (including phenoxy) is 1. The molecule has 0 aliphatic heterocycles. The van der Waals surface area contributed by atoms with Gasteiger partial charge in [-0.2, -0.15) is 0 Å². The second-order valence-electron chi connectivity index (χ2n) is 1.10. The smallest absolute Gasteiger partial charge is 0.257 e. The van der Waals surface area contributed by atoms with Crippen LogP contribution in [-0.2, 0) is 0 Å². The SMILES string of the molecule is C=COc1c[nH]nn1. The average molecular weight is 111 g/mol.